The van der Waals surface area contributed by atoms with Gasteiger partial charge in [-0.05, 0) is 37.7 Å². The van der Waals surface area contributed by atoms with Gasteiger partial charge in [-0.25, -0.2) is 0 Å². The van der Waals surface area contributed by atoms with Gasteiger partial charge in [0.15, 0.2) is 0 Å². The lowest BCUT2D eigenvalue weighted by atomic mass is 10.1. The molecule has 4 heteroatoms. The van der Waals surface area contributed by atoms with Crippen molar-refractivity contribution in [3.63, 3.8) is 0 Å². The highest BCUT2D eigenvalue weighted by atomic mass is 35.5. The Bertz CT molecular complexity index is 378. The third-order valence-electron chi connectivity index (χ3n) is 3.10. The predicted molar refractivity (Wildman–Crippen MR) is 75.7 cm³/mol. The molecule has 0 aliphatic heterocycles. The van der Waals surface area contributed by atoms with Gasteiger partial charge in [-0.15, -0.1) is 0 Å². The number of hydrogen-bond acceptors (Lipinski definition) is 2. The Morgan fingerprint density at radius 1 is 1.33 bits per heavy atom. The van der Waals surface area contributed by atoms with Crippen molar-refractivity contribution in [2.24, 2.45) is 0 Å². The van der Waals surface area contributed by atoms with Gasteiger partial charge in [-0.1, -0.05) is 37.6 Å². The van der Waals surface area contributed by atoms with Crippen molar-refractivity contribution >= 4 is 17.5 Å². The highest BCUT2D eigenvalue weighted by Crippen LogP contribution is 2.09. The van der Waals surface area contributed by atoms with Crippen LogP contribution >= 0.6 is 11.6 Å². The molecule has 18 heavy (non-hydrogen) atoms. The third-order valence-corrected chi connectivity index (χ3v) is 3.35. The van der Waals surface area contributed by atoms with Crippen molar-refractivity contribution in [1.29, 1.82) is 0 Å². The van der Waals surface area contributed by atoms with E-state index < -0.39 is 0 Å². The fourth-order valence-corrected chi connectivity index (χ4v) is 1.95. The molecule has 1 aromatic rings. The van der Waals surface area contributed by atoms with E-state index in [9.17, 15) is 4.79 Å². The van der Waals surface area contributed by atoms with Crippen LogP contribution in [0.5, 0.6) is 0 Å². The molecule has 1 atom stereocenters. The van der Waals surface area contributed by atoms with Gasteiger partial charge in [0, 0.05) is 11.6 Å². The summed E-state index contributed by atoms with van der Waals surface area (Å²) in [5.74, 6) is 0.0804. The molecule has 0 saturated carbocycles. The molecule has 3 nitrogen and oxygen atoms in total. The molecule has 1 amide bonds. The maximum absolute atomic E-state index is 12.0. The number of amides is 1. The van der Waals surface area contributed by atoms with E-state index in [4.69, 9.17) is 11.6 Å². The molecule has 0 bridgehead atoms. The van der Waals surface area contributed by atoms with Crippen molar-refractivity contribution in [3.05, 3.63) is 34.9 Å². The first-order chi connectivity index (χ1) is 8.58. The van der Waals surface area contributed by atoms with Gasteiger partial charge in [0.05, 0.1) is 6.04 Å². The van der Waals surface area contributed by atoms with Crippen molar-refractivity contribution in [2.45, 2.75) is 32.9 Å². The van der Waals surface area contributed by atoms with Crippen LogP contribution in [0.3, 0.4) is 0 Å². The number of nitrogens with one attached hydrogen (secondary N) is 1. The van der Waals surface area contributed by atoms with Gasteiger partial charge in [0.25, 0.3) is 0 Å². The molecule has 1 N–H and O–H groups in total. The van der Waals surface area contributed by atoms with Gasteiger partial charge in [0.1, 0.15) is 0 Å². The number of likely N-dealkylation sites (N-methyl/N-ethyl adjacent to an activating group) is 1. The van der Waals surface area contributed by atoms with Crippen LogP contribution in [0.2, 0.25) is 5.02 Å². The van der Waals surface area contributed by atoms with Crippen LogP contribution in [0.25, 0.3) is 0 Å². The molecular formula is C14H21ClN2O. The van der Waals surface area contributed by atoms with Crippen molar-refractivity contribution in [3.8, 4) is 0 Å². The van der Waals surface area contributed by atoms with E-state index in [1.807, 2.05) is 38.2 Å². The summed E-state index contributed by atoms with van der Waals surface area (Å²) < 4.78 is 0. The Kier molecular flexibility index (Phi) is 6.16. The fourth-order valence-electron chi connectivity index (χ4n) is 1.83. The number of hydrogen-bond donors (Lipinski definition) is 1. The molecule has 0 unspecified atom stereocenters. The van der Waals surface area contributed by atoms with E-state index in [2.05, 4.69) is 17.1 Å². The first-order valence-electron chi connectivity index (χ1n) is 6.30. The average Bonchev–Trinajstić information content (AvgIpc) is 2.38. The van der Waals surface area contributed by atoms with Crippen LogP contribution in [0.15, 0.2) is 24.3 Å². The number of benzene rings is 1. The van der Waals surface area contributed by atoms with Gasteiger partial charge in [0.2, 0.25) is 5.91 Å². The first-order valence-corrected chi connectivity index (χ1v) is 6.68. The molecule has 1 aromatic carbocycles. The van der Waals surface area contributed by atoms with Crippen LogP contribution < -0.4 is 5.32 Å². The molecule has 1 rings (SSSR count). The molecule has 0 aromatic heterocycles. The molecule has 0 heterocycles. The second-order valence-electron chi connectivity index (χ2n) is 4.34. The molecule has 0 aliphatic rings. The average molecular weight is 269 g/mol. The SMILES string of the molecule is CC[C@@H](C(=O)NCc1ccc(Cl)cc1)N(C)CC. The van der Waals surface area contributed by atoms with Crippen LogP contribution in [-0.4, -0.2) is 30.4 Å². The molecular weight excluding hydrogens is 248 g/mol. The van der Waals surface area contributed by atoms with E-state index in [-0.39, 0.29) is 11.9 Å². The van der Waals surface area contributed by atoms with E-state index in [1.54, 1.807) is 0 Å². The highest BCUT2D eigenvalue weighted by molar-refractivity contribution is 6.30. The van der Waals surface area contributed by atoms with Gasteiger partial charge in [-0.2, -0.15) is 0 Å². The predicted octanol–water partition coefficient (Wildman–Crippen LogP) is 2.69. The summed E-state index contributed by atoms with van der Waals surface area (Å²) in [6.45, 7) is 5.49. The fraction of sp³-hybridized carbons (Fsp3) is 0.500. The van der Waals surface area contributed by atoms with E-state index >= 15 is 0 Å². The molecule has 0 saturated heterocycles. The van der Waals surface area contributed by atoms with Crippen molar-refractivity contribution in [1.82, 2.24) is 10.2 Å². The Morgan fingerprint density at radius 2 is 1.94 bits per heavy atom. The number of nitrogens with zero attached hydrogens (tertiary/aromatic N) is 1. The second kappa shape index (κ2) is 7.39. The monoisotopic (exact) mass is 268 g/mol. The maximum Gasteiger partial charge on any atom is 0.237 e. The lowest BCUT2D eigenvalue weighted by molar-refractivity contribution is -0.126. The molecule has 0 fully saturated rings. The molecule has 0 radical (unpaired) electrons. The van der Waals surface area contributed by atoms with Crippen LogP contribution in [0, 0.1) is 0 Å². The summed E-state index contributed by atoms with van der Waals surface area (Å²) in [5.41, 5.74) is 1.06. The molecule has 0 spiro atoms. The van der Waals surface area contributed by atoms with Crippen LogP contribution in [0.4, 0.5) is 0 Å². The quantitative estimate of drug-likeness (QED) is 0.860. The Morgan fingerprint density at radius 3 is 2.44 bits per heavy atom. The zero-order chi connectivity index (χ0) is 13.5. The topological polar surface area (TPSA) is 32.3 Å². The summed E-state index contributed by atoms with van der Waals surface area (Å²) in [7, 11) is 1.97. The van der Waals surface area contributed by atoms with Crippen LogP contribution in [0.1, 0.15) is 25.8 Å². The standard InChI is InChI=1S/C14H21ClN2O/c1-4-13(17(3)5-2)14(18)16-10-11-6-8-12(15)9-7-11/h6-9,13H,4-5,10H2,1-3H3,(H,16,18)/t13-/m0/s1. The highest BCUT2D eigenvalue weighted by Gasteiger charge is 2.19. The summed E-state index contributed by atoms with van der Waals surface area (Å²) in [6, 6.07) is 7.46. The van der Waals surface area contributed by atoms with Gasteiger partial charge in [-0.3, -0.25) is 9.69 Å². The van der Waals surface area contributed by atoms with E-state index in [0.717, 1.165) is 18.5 Å². The lowest BCUT2D eigenvalue weighted by Crippen LogP contribution is -2.44. The number of rotatable bonds is 6. The van der Waals surface area contributed by atoms with E-state index in [0.29, 0.717) is 11.6 Å². The Hall–Kier alpha value is -1.06. The van der Waals surface area contributed by atoms with Crippen molar-refractivity contribution in [2.75, 3.05) is 13.6 Å². The number of halogens is 1. The minimum Gasteiger partial charge on any atom is -0.351 e. The summed E-state index contributed by atoms with van der Waals surface area (Å²) in [5, 5.41) is 3.67. The lowest BCUT2D eigenvalue weighted by Gasteiger charge is -2.24. The zero-order valence-electron chi connectivity index (χ0n) is 11.2. The number of carbonyl (C=O) groups excluding carboxylic acids is 1. The minimum atomic E-state index is -0.0534. The van der Waals surface area contributed by atoms with Crippen molar-refractivity contribution < 1.29 is 4.79 Å². The Balaban J connectivity index is 2.51. The first kappa shape index (κ1) is 15.0. The maximum atomic E-state index is 12.0. The Labute approximate surface area is 114 Å². The molecule has 100 valence electrons. The van der Waals surface area contributed by atoms with Gasteiger partial charge >= 0.3 is 0 Å². The second-order valence-corrected chi connectivity index (χ2v) is 4.78. The smallest absolute Gasteiger partial charge is 0.237 e. The van der Waals surface area contributed by atoms with E-state index in [1.165, 1.54) is 0 Å². The minimum absolute atomic E-state index is 0.0534. The zero-order valence-corrected chi connectivity index (χ0v) is 12.0. The van der Waals surface area contributed by atoms with Crippen LogP contribution in [-0.2, 0) is 11.3 Å². The normalized spacial score (nSPS) is 12.5. The summed E-state index contributed by atoms with van der Waals surface area (Å²) in [4.78, 5) is 14.1. The van der Waals surface area contributed by atoms with Gasteiger partial charge < -0.3 is 5.32 Å². The number of carbonyl (C=O) groups is 1. The molecule has 0 aliphatic carbocycles. The largest absolute Gasteiger partial charge is 0.351 e. The third kappa shape index (κ3) is 4.31. The summed E-state index contributed by atoms with van der Waals surface area (Å²) in [6.07, 6.45) is 0.816. The summed E-state index contributed by atoms with van der Waals surface area (Å²) >= 11 is 5.81.